The molecular weight excluding hydrogens is 198 g/mol. The topological polar surface area (TPSA) is 26.0 Å². The Kier molecular flexibility index (Phi) is 2.82. The number of aromatic nitrogens is 1. The second kappa shape index (κ2) is 4.12. The molecule has 0 aliphatic carbocycles. The lowest BCUT2D eigenvalue weighted by Gasteiger charge is -2.06. The van der Waals surface area contributed by atoms with Gasteiger partial charge in [-0.15, -0.1) is 0 Å². The van der Waals surface area contributed by atoms with Crippen LogP contribution in [0.2, 0.25) is 0 Å². The van der Waals surface area contributed by atoms with E-state index in [1.54, 1.807) is 0 Å². The lowest BCUT2D eigenvalue weighted by atomic mass is 9.96. The molecule has 0 N–H and O–H groups in total. The summed E-state index contributed by atoms with van der Waals surface area (Å²) in [6, 6.07) is 8.36. The van der Waals surface area contributed by atoms with Crippen molar-refractivity contribution >= 4 is 0 Å². The number of benzene rings is 1. The van der Waals surface area contributed by atoms with Crippen molar-refractivity contribution in [2.24, 2.45) is 0 Å². The zero-order valence-electron chi connectivity index (χ0n) is 10.2. The molecule has 0 bridgehead atoms. The number of nitrogens with zero attached hydrogens (tertiary/aromatic N) is 1. The average molecular weight is 215 g/mol. The largest absolute Gasteiger partial charge is 0.361 e. The molecule has 0 fully saturated rings. The van der Waals surface area contributed by atoms with Gasteiger partial charge in [0.1, 0.15) is 11.5 Å². The monoisotopic (exact) mass is 215 g/mol. The van der Waals surface area contributed by atoms with E-state index in [1.165, 1.54) is 11.1 Å². The number of aryl methyl sites for hydroxylation is 2. The molecule has 0 atom stereocenters. The summed E-state index contributed by atoms with van der Waals surface area (Å²) < 4.78 is 5.30. The summed E-state index contributed by atoms with van der Waals surface area (Å²) in [4.78, 5) is 0. The fraction of sp³-hybridized carbons (Fsp3) is 0.357. The summed E-state index contributed by atoms with van der Waals surface area (Å²) in [5, 5.41) is 4.17. The van der Waals surface area contributed by atoms with Crippen molar-refractivity contribution in [2.45, 2.75) is 33.6 Å². The fourth-order valence-corrected chi connectivity index (χ4v) is 2.06. The Labute approximate surface area is 96.3 Å². The van der Waals surface area contributed by atoms with Crippen LogP contribution >= 0.6 is 0 Å². The Balaban J connectivity index is 2.56. The minimum absolute atomic E-state index is 0.432. The third kappa shape index (κ3) is 1.87. The average Bonchev–Trinajstić information content (AvgIpc) is 2.60. The van der Waals surface area contributed by atoms with Crippen LogP contribution in [0.3, 0.4) is 0 Å². The smallest absolute Gasteiger partial charge is 0.137 e. The van der Waals surface area contributed by atoms with E-state index in [0.29, 0.717) is 5.92 Å². The van der Waals surface area contributed by atoms with E-state index < -0.39 is 0 Å². The third-order valence-corrected chi connectivity index (χ3v) is 2.78. The standard InChI is InChI=1S/C14H17NO/c1-9(2)13-11(4)16-15-14(13)12-7-5-6-10(3)8-12/h5-9H,1-4H3. The van der Waals surface area contributed by atoms with E-state index in [9.17, 15) is 0 Å². The molecule has 16 heavy (non-hydrogen) atoms. The zero-order valence-corrected chi connectivity index (χ0v) is 10.2. The van der Waals surface area contributed by atoms with Gasteiger partial charge >= 0.3 is 0 Å². The molecule has 0 amide bonds. The molecule has 0 saturated heterocycles. The summed E-state index contributed by atoms with van der Waals surface area (Å²) in [5.41, 5.74) is 4.58. The Morgan fingerprint density at radius 1 is 1.19 bits per heavy atom. The van der Waals surface area contributed by atoms with Gasteiger partial charge in [0, 0.05) is 11.1 Å². The minimum Gasteiger partial charge on any atom is -0.361 e. The van der Waals surface area contributed by atoms with Crippen molar-refractivity contribution in [3.63, 3.8) is 0 Å². The Hall–Kier alpha value is -1.57. The van der Waals surface area contributed by atoms with Gasteiger partial charge in [-0.25, -0.2) is 0 Å². The molecule has 2 rings (SSSR count). The van der Waals surface area contributed by atoms with Crippen LogP contribution in [0.5, 0.6) is 0 Å². The van der Waals surface area contributed by atoms with Crippen LogP contribution in [0.1, 0.15) is 36.7 Å². The van der Waals surface area contributed by atoms with E-state index in [0.717, 1.165) is 17.0 Å². The van der Waals surface area contributed by atoms with Crippen LogP contribution < -0.4 is 0 Å². The van der Waals surface area contributed by atoms with E-state index in [-0.39, 0.29) is 0 Å². The van der Waals surface area contributed by atoms with Crippen molar-refractivity contribution in [2.75, 3.05) is 0 Å². The highest BCUT2D eigenvalue weighted by Crippen LogP contribution is 2.31. The molecule has 0 unspecified atom stereocenters. The summed E-state index contributed by atoms with van der Waals surface area (Å²) in [6.45, 7) is 8.39. The van der Waals surface area contributed by atoms with Crippen LogP contribution in [0.4, 0.5) is 0 Å². The van der Waals surface area contributed by atoms with Crippen LogP contribution in [0.15, 0.2) is 28.8 Å². The van der Waals surface area contributed by atoms with Crippen LogP contribution in [-0.2, 0) is 0 Å². The molecule has 0 aliphatic rings. The molecule has 84 valence electrons. The van der Waals surface area contributed by atoms with Crippen molar-refractivity contribution in [1.82, 2.24) is 5.16 Å². The predicted molar refractivity (Wildman–Crippen MR) is 65.5 cm³/mol. The summed E-state index contributed by atoms with van der Waals surface area (Å²) in [6.07, 6.45) is 0. The van der Waals surface area contributed by atoms with Gasteiger partial charge in [0.25, 0.3) is 0 Å². The van der Waals surface area contributed by atoms with Crippen molar-refractivity contribution in [1.29, 1.82) is 0 Å². The number of hydrogen-bond donors (Lipinski definition) is 0. The first-order chi connectivity index (χ1) is 7.59. The van der Waals surface area contributed by atoms with Gasteiger partial charge in [0.2, 0.25) is 0 Å². The molecule has 2 heteroatoms. The van der Waals surface area contributed by atoms with Crippen molar-refractivity contribution in [3.05, 3.63) is 41.2 Å². The van der Waals surface area contributed by atoms with Gasteiger partial charge in [-0.1, -0.05) is 42.8 Å². The molecule has 1 aromatic carbocycles. The lowest BCUT2D eigenvalue weighted by molar-refractivity contribution is 0.397. The predicted octanol–water partition coefficient (Wildman–Crippen LogP) is 4.08. The second-order valence-electron chi connectivity index (χ2n) is 4.53. The van der Waals surface area contributed by atoms with Crippen LogP contribution in [0, 0.1) is 13.8 Å². The molecule has 0 radical (unpaired) electrons. The molecule has 2 nitrogen and oxygen atoms in total. The maximum atomic E-state index is 5.30. The molecule has 2 aromatic rings. The maximum Gasteiger partial charge on any atom is 0.137 e. The minimum atomic E-state index is 0.432. The van der Waals surface area contributed by atoms with Crippen molar-refractivity contribution in [3.8, 4) is 11.3 Å². The second-order valence-corrected chi connectivity index (χ2v) is 4.53. The number of hydrogen-bond acceptors (Lipinski definition) is 2. The highest BCUT2D eigenvalue weighted by atomic mass is 16.5. The van der Waals surface area contributed by atoms with Crippen LogP contribution in [-0.4, -0.2) is 5.16 Å². The third-order valence-electron chi connectivity index (χ3n) is 2.78. The SMILES string of the molecule is Cc1cccc(-c2noc(C)c2C(C)C)c1. The Bertz CT molecular complexity index is 497. The highest BCUT2D eigenvalue weighted by molar-refractivity contribution is 5.64. The molecule has 1 aromatic heterocycles. The summed E-state index contributed by atoms with van der Waals surface area (Å²) >= 11 is 0. The molecular formula is C14H17NO. The summed E-state index contributed by atoms with van der Waals surface area (Å²) in [5.74, 6) is 1.35. The first kappa shape index (κ1) is 10.9. The molecule has 0 aliphatic heterocycles. The maximum absolute atomic E-state index is 5.30. The quantitative estimate of drug-likeness (QED) is 0.754. The van der Waals surface area contributed by atoms with E-state index in [1.807, 2.05) is 6.92 Å². The normalized spacial score (nSPS) is 11.1. The van der Waals surface area contributed by atoms with Crippen LogP contribution in [0.25, 0.3) is 11.3 Å². The molecule has 0 spiro atoms. The first-order valence-electron chi connectivity index (χ1n) is 5.63. The van der Waals surface area contributed by atoms with Gasteiger partial charge in [0.15, 0.2) is 0 Å². The van der Waals surface area contributed by atoms with Gasteiger partial charge in [0.05, 0.1) is 0 Å². The van der Waals surface area contributed by atoms with E-state index >= 15 is 0 Å². The Morgan fingerprint density at radius 3 is 2.56 bits per heavy atom. The molecule has 1 heterocycles. The first-order valence-corrected chi connectivity index (χ1v) is 5.63. The lowest BCUT2D eigenvalue weighted by Crippen LogP contribution is -1.91. The molecule has 0 saturated carbocycles. The van der Waals surface area contributed by atoms with Crippen molar-refractivity contribution < 1.29 is 4.52 Å². The van der Waals surface area contributed by atoms with Gasteiger partial charge in [-0.05, 0) is 25.8 Å². The highest BCUT2D eigenvalue weighted by Gasteiger charge is 2.17. The summed E-state index contributed by atoms with van der Waals surface area (Å²) in [7, 11) is 0. The fourth-order valence-electron chi connectivity index (χ4n) is 2.06. The number of rotatable bonds is 2. The Morgan fingerprint density at radius 2 is 1.94 bits per heavy atom. The van der Waals surface area contributed by atoms with Gasteiger partial charge < -0.3 is 4.52 Å². The van der Waals surface area contributed by atoms with Gasteiger partial charge in [-0.3, -0.25) is 0 Å². The van der Waals surface area contributed by atoms with E-state index in [4.69, 9.17) is 4.52 Å². The van der Waals surface area contributed by atoms with Gasteiger partial charge in [-0.2, -0.15) is 0 Å². The zero-order chi connectivity index (χ0) is 11.7. The van der Waals surface area contributed by atoms with E-state index in [2.05, 4.69) is 50.2 Å².